The standard InChI is InChI=1S/C14H26N4O2S/c1-11(2)8-14(3,10-15)17-13-7-6-12(9-16-13)21(19,20)18(4)5/h6-7,9,11H,8,10,15H2,1-5H3,(H,16,17). The zero-order valence-electron chi connectivity index (χ0n) is 13.4. The predicted octanol–water partition coefficient (Wildman–Crippen LogP) is 1.51. The van der Waals surface area contributed by atoms with E-state index in [2.05, 4.69) is 24.1 Å². The number of pyridine rings is 1. The first kappa shape index (κ1) is 17.9. The highest BCUT2D eigenvalue weighted by Gasteiger charge is 2.24. The van der Waals surface area contributed by atoms with Gasteiger partial charge in [0.2, 0.25) is 10.0 Å². The van der Waals surface area contributed by atoms with Crippen molar-refractivity contribution in [1.29, 1.82) is 0 Å². The largest absolute Gasteiger partial charge is 0.364 e. The Labute approximate surface area is 127 Å². The molecule has 0 radical (unpaired) electrons. The second-order valence-electron chi connectivity index (χ2n) is 6.15. The molecule has 0 spiro atoms. The SMILES string of the molecule is CC(C)CC(C)(CN)Nc1ccc(S(=O)(=O)N(C)C)cn1. The molecule has 0 aliphatic rings. The fourth-order valence-corrected chi connectivity index (χ4v) is 3.06. The van der Waals surface area contributed by atoms with Gasteiger partial charge in [0.1, 0.15) is 10.7 Å². The van der Waals surface area contributed by atoms with Crippen LogP contribution in [0.1, 0.15) is 27.2 Å². The van der Waals surface area contributed by atoms with E-state index in [1.807, 2.05) is 6.92 Å². The number of nitrogens with one attached hydrogen (secondary N) is 1. The highest BCUT2D eigenvalue weighted by Crippen LogP contribution is 2.21. The summed E-state index contributed by atoms with van der Waals surface area (Å²) in [7, 11) is -0.452. The van der Waals surface area contributed by atoms with Gasteiger partial charge < -0.3 is 11.1 Å². The van der Waals surface area contributed by atoms with E-state index in [1.165, 1.54) is 24.6 Å². The summed E-state index contributed by atoms with van der Waals surface area (Å²) in [5, 5.41) is 3.30. The van der Waals surface area contributed by atoms with Crippen molar-refractivity contribution in [2.45, 2.75) is 37.6 Å². The quantitative estimate of drug-likeness (QED) is 0.796. The normalized spacial score (nSPS) is 15.2. The van der Waals surface area contributed by atoms with Gasteiger partial charge in [0.25, 0.3) is 0 Å². The van der Waals surface area contributed by atoms with E-state index in [0.29, 0.717) is 18.3 Å². The number of nitrogens with two attached hydrogens (primary N) is 1. The number of hydrogen-bond acceptors (Lipinski definition) is 5. The summed E-state index contributed by atoms with van der Waals surface area (Å²) >= 11 is 0. The molecule has 1 heterocycles. The number of hydrogen-bond donors (Lipinski definition) is 2. The van der Waals surface area contributed by atoms with Gasteiger partial charge in [-0.3, -0.25) is 0 Å². The maximum Gasteiger partial charge on any atom is 0.244 e. The van der Waals surface area contributed by atoms with Crippen molar-refractivity contribution in [2.75, 3.05) is 26.0 Å². The molecule has 6 nitrogen and oxygen atoms in total. The maximum atomic E-state index is 12.0. The monoisotopic (exact) mass is 314 g/mol. The van der Waals surface area contributed by atoms with Crippen LogP contribution in [0.4, 0.5) is 5.82 Å². The molecule has 0 fully saturated rings. The van der Waals surface area contributed by atoms with Crippen LogP contribution in [0.25, 0.3) is 0 Å². The first-order valence-electron chi connectivity index (χ1n) is 6.97. The average Bonchev–Trinajstić information content (AvgIpc) is 2.38. The summed E-state index contributed by atoms with van der Waals surface area (Å²) in [6, 6.07) is 3.22. The van der Waals surface area contributed by atoms with Crippen LogP contribution in [0.15, 0.2) is 23.2 Å². The second-order valence-corrected chi connectivity index (χ2v) is 8.31. The summed E-state index contributed by atoms with van der Waals surface area (Å²) in [6.07, 6.45) is 2.27. The molecule has 0 aromatic carbocycles. The van der Waals surface area contributed by atoms with Crippen LogP contribution in [0.3, 0.4) is 0 Å². The minimum atomic E-state index is -3.44. The molecule has 1 atom stereocenters. The third-order valence-electron chi connectivity index (χ3n) is 3.25. The smallest absolute Gasteiger partial charge is 0.244 e. The topological polar surface area (TPSA) is 88.3 Å². The predicted molar refractivity (Wildman–Crippen MR) is 85.6 cm³/mol. The number of aromatic nitrogens is 1. The lowest BCUT2D eigenvalue weighted by molar-refractivity contribution is 0.406. The van der Waals surface area contributed by atoms with Gasteiger partial charge in [0.05, 0.1) is 0 Å². The molecule has 21 heavy (non-hydrogen) atoms. The molecular formula is C14H26N4O2S. The molecule has 1 aromatic heterocycles. The van der Waals surface area contributed by atoms with Gasteiger partial charge in [-0.25, -0.2) is 17.7 Å². The first-order chi connectivity index (χ1) is 9.60. The molecule has 3 N–H and O–H groups in total. The zero-order chi connectivity index (χ0) is 16.3. The van der Waals surface area contributed by atoms with E-state index < -0.39 is 10.0 Å². The molecule has 120 valence electrons. The highest BCUT2D eigenvalue weighted by molar-refractivity contribution is 7.89. The van der Waals surface area contributed by atoms with Crippen LogP contribution in [-0.2, 0) is 10.0 Å². The van der Waals surface area contributed by atoms with E-state index >= 15 is 0 Å². The Kier molecular flexibility index (Phi) is 5.72. The lowest BCUT2D eigenvalue weighted by atomic mass is 9.91. The molecule has 0 amide bonds. The van der Waals surface area contributed by atoms with E-state index in [-0.39, 0.29) is 10.4 Å². The summed E-state index contributed by atoms with van der Waals surface area (Å²) in [4.78, 5) is 4.37. The third-order valence-corrected chi connectivity index (χ3v) is 5.05. The van der Waals surface area contributed by atoms with E-state index in [1.54, 1.807) is 12.1 Å². The molecule has 1 unspecified atom stereocenters. The van der Waals surface area contributed by atoms with Gasteiger partial charge in [0.15, 0.2) is 0 Å². The minimum Gasteiger partial charge on any atom is -0.364 e. The van der Waals surface area contributed by atoms with Crippen molar-refractivity contribution in [2.24, 2.45) is 11.7 Å². The molecule has 0 aliphatic carbocycles. The van der Waals surface area contributed by atoms with Crippen molar-refractivity contribution >= 4 is 15.8 Å². The van der Waals surface area contributed by atoms with Crippen LogP contribution in [0.5, 0.6) is 0 Å². The van der Waals surface area contributed by atoms with Crippen LogP contribution in [0, 0.1) is 5.92 Å². The van der Waals surface area contributed by atoms with Gasteiger partial charge in [0, 0.05) is 32.4 Å². The summed E-state index contributed by atoms with van der Waals surface area (Å²) in [5.41, 5.74) is 5.59. The van der Waals surface area contributed by atoms with Crippen molar-refractivity contribution in [3.8, 4) is 0 Å². The first-order valence-corrected chi connectivity index (χ1v) is 8.41. The maximum absolute atomic E-state index is 12.0. The third kappa shape index (κ3) is 4.66. The van der Waals surface area contributed by atoms with Gasteiger partial charge in [-0.1, -0.05) is 13.8 Å². The van der Waals surface area contributed by atoms with Crippen molar-refractivity contribution < 1.29 is 8.42 Å². The fraction of sp³-hybridized carbons (Fsp3) is 0.643. The Bertz CT molecular complexity index is 555. The number of anilines is 1. The van der Waals surface area contributed by atoms with Crippen molar-refractivity contribution in [1.82, 2.24) is 9.29 Å². The Balaban J connectivity index is 2.93. The Morgan fingerprint density at radius 1 is 1.38 bits per heavy atom. The molecule has 0 saturated carbocycles. The number of sulfonamides is 1. The molecule has 0 aliphatic heterocycles. The fourth-order valence-electron chi connectivity index (χ4n) is 2.21. The molecule has 1 aromatic rings. The summed E-state index contributed by atoms with van der Waals surface area (Å²) < 4.78 is 25.1. The lowest BCUT2D eigenvalue weighted by Gasteiger charge is -2.31. The highest BCUT2D eigenvalue weighted by atomic mass is 32.2. The number of nitrogens with zero attached hydrogens (tertiary/aromatic N) is 2. The van der Waals surface area contributed by atoms with E-state index in [9.17, 15) is 8.42 Å². The van der Waals surface area contributed by atoms with Crippen molar-refractivity contribution in [3.05, 3.63) is 18.3 Å². The van der Waals surface area contributed by atoms with Crippen LogP contribution < -0.4 is 11.1 Å². The van der Waals surface area contributed by atoms with E-state index in [4.69, 9.17) is 5.73 Å². The van der Waals surface area contributed by atoms with Crippen LogP contribution in [-0.4, -0.2) is 43.9 Å². The Morgan fingerprint density at radius 2 is 2.00 bits per heavy atom. The van der Waals surface area contributed by atoms with Gasteiger partial charge in [-0.2, -0.15) is 0 Å². The Hall–Kier alpha value is -1.18. The molecule has 1 rings (SSSR count). The molecule has 7 heteroatoms. The summed E-state index contributed by atoms with van der Waals surface area (Å²) in [6.45, 7) is 6.79. The van der Waals surface area contributed by atoms with E-state index in [0.717, 1.165) is 6.42 Å². The molecular weight excluding hydrogens is 288 g/mol. The average molecular weight is 314 g/mol. The van der Waals surface area contributed by atoms with Crippen molar-refractivity contribution in [3.63, 3.8) is 0 Å². The Morgan fingerprint density at radius 3 is 2.38 bits per heavy atom. The van der Waals surface area contributed by atoms with Crippen LogP contribution >= 0.6 is 0 Å². The van der Waals surface area contributed by atoms with Gasteiger partial charge in [-0.15, -0.1) is 0 Å². The summed E-state index contributed by atoms with van der Waals surface area (Å²) in [5.74, 6) is 1.13. The minimum absolute atomic E-state index is 0.177. The van der Waals surface area contributed by atoms with Gasteiger partial charge >= 0.3 is 0 Å². The van der Waals surface area contributed by atoms with Crippen LogP contribution in [0.2, 0.25) is 0 Å². The zero-order valence-corrected chi connectivity index (χ0v) is 14.2. The van der Waals surface area contributed by atoms with Gasteiger partial charge in [-0.05, 0) is 31.4 Å². The molecule has 0 bridgehead atoms. The lowest BCUT2D eigenvalue weighted by Crippen LogP contribution is -2.43. The number of rotatable bonds is 7. The second kappa shape index (κ2) is 6.72. The molecule has 0 saturated heterocycles.